The molecule has 0 radical (unpaired) electrons. The van der Waals surface area contributed by atoms with E-state index in [1.165, 1.54) is 6.07 Å². The van der Waals surface area contributed by atoms with Crippen molar-refractivity contribution in [2.24, 2.45) is 0 Å². The number of carbonyl (C=O) groups excluding carboxylic acids is 1. The van der Waals surface area contributed by atoms with Crippen molar-refractivity contribution in [1.29, 1.82) is 0 Å². The zero-order chi connectivity index (χ0) is 20.8. The Balaban J connectivity index is 1.80. The summed E-state index contributed by atoms with van der Waals surface area (Å²) in [6.45, 7) is 0.910. The van der Waals surface area contributed by atoms with E-state index in [4.69, 9.17) is 5.73 Å². The number of carbonyl (C=O) groups is 1. The zero-order valence-corrected chi connectivity index (χ0v) is 15.2. The van der Waals surface area contributed by atoms with Gasteiger partial charge in [0.2, 0.25) is 11.9 Å². The number of aromatic nitrogens is 4. The number of nitrogen functional groups attached to an aromatic ring is 1. The molecule has 2 aliphatic heterocycles. The van der Waals surface area contributed by atoms with Crippen LogP contribution in [0, 0.1) is 0 Å². The van der Waals surface area contributed by atoms with Gasteiger partial charge in [0.15, 0.2) is 5.69 Å². The van der Waals surface area contributed by atoms with Gasteiger partial charge in [-0.2, -0.15) is 18.2 Å². The van der Waals surface area contributed by atoms with E-state index < -0.39 is 24.0 Å². The SMILES string of the molecule is Nc1ncc(-c2cc(N3CC(F)C3)nc(N3CCC(=O)CC3)n2)c(C(F)(F)F)n1. The molecule has 0 unspecified atom stereocenters. The Labute approximate surface area is 162 Å². The topological polar surface area (TPSA) is 101 Å². The summed E-state index contributed by atoms with van der Waals surface area (Å²) in [4.78, 5) is 30.5. The number of piperidine rings is 1. The summed E-state index contributed by atoms with van der Waals surface area (Å²) >= 11 is 0. The Morgan fingerprint density at radius 1 is 1.07 bits per heavy atom. The van der Waals surface area contributed by atoms with E-state index in [1.807, 2.05) is 0 Å². The molecule has 2 saturated heterocycles. The Bertz CT molecular complexity index is 936. The van der Waals surface area contributed by atoms with E-state index >= 15 is 0 Å². The number of alkyl halides is 4. The normalized spacial score (nSPS) is 18.1. The molecule has 0 amide bonds. The van der Waals surface area contributed by atoms with Crippen molar-refractivity contribution in [3.63, 3.8) is 0 Å². The Hall–Kier alpha value is -3.05. The highest BCUT2D eigenvalue weighted by molar-refractivity contribution is 5.81. The molecular formula is C17H17F4N7O. The van der Waals surface area contributed by atoms with Crippen LogP contribution in [0.5, 0.6) is 0 Å². The van der Waals surface area contributed by atoms with Gasteiger partial charge in [-0.05, 0) is 0 Å². The summed E-state index contributed by atoms with van der Waals surface area (Å²) in [5.41, 5.74) is 3.74. The number of hydrogen-bond acceptors (Lipinski definition) is 8. The molecule has 29 heavy (non-hydrogen) atoms. The Morgan fingerprint density at radius 2 is 1.76 bits per heavy atom. The van der Waals surface area contributed by atoms with E-state index in [1.54, 1.807) is 9.80 Å². The molecule has 2 aromatic heterocycles. The lowest BCUT2D eigenvalue weighted by Crippen LogP contribution is -2.49. The molecule has 12 heteroatoms. The number of nitrogens with zero attached hydrogens (tertiary/aromatic N) is 6. The van der Waals surface area contributed by atoms with Gasteiger partial charge < -0.3 is 15.5 Å². The fourth-order valence-electron chi connectivity index (χ4n) is 3.23. The number of ketones is 1. The largest absolute Gasteiger partial charge is 0.434 e. The molecule has 154 valence electrons. The lowest BCUT2D eigenvalue weighted by atomic mass is 10.1. The number of halogens is 4. The van der Waals surface area contributed by atoms with Gasteiger partial charge >= 0.3 is 6.18 Å². The van der Waals surface area contributed by atoms with E-state index in [0.717, 1.165) is 6.20 Å². The van der Waals surface area contributed by atoms with Crippen LogP contribution in [0.2, 0.25) is 0 Å². The monoisotopic (exact) mass is 411 g/mol. The fourth-order valence-corrected chi connectivity index (χ4v) is 3.23. The standard InChI is InChI=1S/C17H17F4N7O/c18-9-7-28(8-9)13-5-12(11-6-23-15(22)26-14(11)17(19,20)21)24-16(25-13)27-3-1-10(29)2-4-27/h5-6,9H,1-4,7-8H2,(H2,22,23,26). The molecule has 2 aromatic rings. The van der Waals surface area contributed by atoms with Crippen LogP contribution in [-0.2, 0) is 11.0 Å². The molecule has 0 bridgehead atoms. The van der Waals surface area contributed by atoms with Crippen LogP contribution < -0.4 is 15.5 Å². The second kappa shape index (κ2) is 7.08. The van der Waals surface area contributed by atoms with Gasteiger partial charge in [0.25, 0.3) is 0 Å². The van der Waals surface area contributed by atoms with Gasteiger partial charge in [-0.15, -0.1) is 0 Å². The third kappa shape index (κ3) is 3.91. The van der Waals surface area contributed by atoms with Crippen LogP contribution in [0.4, 0.5) is 35.3 Å². The van der Waals surface area contributed by atoms with E-state index in [-0.39, 0.29) is 36.1 Å². The first-order valence-corrected chi connectivity index (χ1v) is 8.95. The molecule has 0 spiro atoms. The summed E-state index contributed by atoms with van der Waals surface area (Å²) < 4.78 is 53.8. The zero-order valence-electron chi connectivity index (χ0n) is 15.2. The van der Waals surface area contributed by atoms with Gasteiger partial charge in [-0.1, -0.05) is 0 Å². The molecule has 2 aliphatic rings. The predicted octanol–water partition coefficient (Wildman–Crippen LogP) is 1.86. The molecule has 2 fully saturated rings. The van der Waals surface area contributed by atoms with E-state index in [9.17, 15) is 22.4 Å². The number of Topliss-reactive ketones (excluding diaryl/α,β-unsaturated/α-hetero) is 1. The summed E-state index contributed by atoms with van der Waals surface area (Å²) in [6.07, 6.45) is -4.21. The second-order valence-corrected chi connectivity index (χ2v) is 6.93. The lowest BCUT2D eigenvalue weighted by molar-refractivity contribution is -0.140. The third-order valence-electron chi connectivity index (χ3n) is 4.82. The van der Waals surface area contributed by atoms with Gasteiger partial charge in [-0.3, -0.25) is 4.79 Å². The minimum atomic E-state index is -4.77. The number of rotatable bonds is 3. The van der Waals surface area contributed by atoms with Crippen molar-refractivity contribution in [2.75, 3.05) is 41.7 Å². The fraction of sp³-hybridized carbons (Fsp3) is 0.471. The molecule has 0 saturated carbocycles. The lowest BCUT2D eigenvalue weighted by Gasteiger charge is -2.36. The minimum Gasteiger partial charge on any atom is -0.368 e. The molecule has 0 aliphatic carbocycles. The van der Waals surface area contributed by atoms with Gasteiger partial charge in [0, 0.05) is 43.8 Å². The molecule has 2 N–H and O–H groups in total. The van der Waals surface area contributed by atoms with Crippen LogP contribution in [0.3, 0.4) is 0 Å². The number of anilines is 3. The summed E-state index contributed by atoms with van der Waals surface area (Å²) in [5.74, 6) is 0.0816. The number of nitrogens with two attached hydrogens (primary N) is 1. The van der Waals surface area contributed by atoms with Gasteiger partial charge in [0.1, 0.15) is 17.8 Å². The van der Waals surface area contributed by atoms with Crippen LogP contribution >= 0.6 is 0 Å². The van der Waals surface area contributed by atoms with Crippen molar-refractivity contribution >= 4 is 23.5 Å². The van der Waals surface area contributed by atoms with Crippen molar-refractivity contribution in [3.8, 4) is 11.3 Å². The Morgan fingerprint density at radius 3 is 2.38 bits per heavy atom. The first kappa shape index (κ1) is 19.3. The second-order valence-electron chi connectivity index (χ2n) is 6.93. The first-order chi connectivity index (χ1) is 13.7. The quantitative estimate of drug-likeness (QED) is 0.764. The summed E-state index contributed by atoms with van der Waals surface area (Å²) in [6, 6.07) is 1.36. The van der Waals surface area contributed by atoms with E-state index in [2.05, 4.69) is 19.9 Å². The molecule has 4 heterocycles. The molecule has 8 nitrogen and oxygen atoms in total. The van der Waals surface area contributed by atoms with Crippen molar-refractivity contribution in [1.82, 2.24) is 19.9 Å². The molecular weight excluding hydrogens is 394 g/mol. The highest BCUT2D eigenvalue weighted by atomic mass is 19.4. The Kier molecular flexibility index (Phi) is 4.71. The summed E-state index contributed by atoms with van der Waals surface area (Å²) in [7, 11) is 0. The maximum absolute atomic E-state index is 13.5. The van der Waals surface area contributed by atoms with Crippen molar-refractivity contribution in [2.45, 2.75) is 25.2 Å². The third-order valence-corrected chi connectivity index (χ3v) is 4.82. The summed E-state index contributed by atoms with van der Waals surface area (Å²) in [5, 5.41) is 0. The average molecular weight is 411 g/mol. The smallest absolute Gasteiger partial charge is 0.368 e. The van der Waals surface area contributed by atoms with Crippen LogP contribution in [0.15, 0.2) is 12.3 Å². The van der Waals surface area contributed by atoms with E-state index in [0.29, 0.717) is 31.7 Å². The predicted molar refractivity (Wildman–Crippen MR) is 96.0 cm³/mol. The number of hydrogen-bond donors (Lipinski definition) is 1. The van der Waals surface area contributed by atoms with Crippen molar-refractivity contribution < 1.29 is 22.4 Å². The van der Waals surface area contributed by atoms with Crippen molar-refractivity contribution in [3.05, 3.63) is 18.0 Å². The van der Waals surface area contributed by atoms with Crippen LogP contribution in [0.1, 0.15) is 18.5 Å². The van der Waals surface area contributed by atoms with Gasteiger partial charge in [0.05, 0.1) is 18.8 Å². The highest BCUT2D eigenvalue weighted by Crippen LogP contribution is 2.37. The van der Waals surface area contributed by atoms with Crippen LogP contribution in [-0.4, -0.2) is 58.1 Å². The molecule has 4 rings (SSSR count). The highest BCUT2D eigenvalue weighted by Gasteiger charge is 2.37. The minimum absolute atomic E-state index is 0.0449. The molecule has 0 atom stereocenters. The van der Waals surface area contributed by atoms with Crippen LogP contribution in [0.25, 0.3) is 11.3 Å². The van der Waals surface area contributed by atoms with Gasteiger partial charge in [-0.25, -0.2) is 19.3 Å². The maximum Gasteiger partial charge on any atom is 0.434 e. The first-order valence-electron chi connectivity index (χ1n) is 8.95. The maximum atomic E-state index is 13.5. The average Bonchev–Trinajstić information content (AvgIpc) is 2.65. The molecule has 0 aromatic carbocycles.